The molecule has 0 aliphatic heterocycles. The number of carboxylic acids is 1. The van der Waals surface area contributed by atoms with Crippen molar-refractivity contribution >= 4 is 21.9 Å². The molecule has 0 spiro atoms. The van der Waals surface area contributed by atoms with Gasteiger partial charge in [0.2, 0.25) is 10.0 Å². The van der Waals surface area contributed by atoms with Gasteiger partial charge in [0.15, 0.2) is 0 Å². The molecule has 9 heteroatoms. The molecule has 0 saturated carbocycles. The van der Waals surface area contributed by atoms with Crippen LogP contribution in [0.3, 0.4) is 0 Å². The summed E-state index contributed by atoms with van der Waals surface area (Å²) in [5.74, 6) is -1.63. The molecule has 2 N–H and O–H groups in total. The third kappa shape index (κ3) is 3.55. The van der Waals surface area contributed by atoms with Gasteiger partial charge in [-0.25, -0.2) is 8.42 Å². The summed E-state index contributed by atoms with van der Waals surface area (Å²) in [6.45, 7) is -0.714. The molecule has 0 radical (unpaired) electrons. The van der Waals surface area contributed by atoms with Gasteiger partial charge in [-0.1, -0.05) is 0 Å². The highest BCUT2D eigenvalue weighted by molar-refractivity contribution is 7.89. The van der Waals surface area contributed by atoms with Crippen LogP contribution in [0.5, 0.6) is 0 Å². The first-order valence-electron chi connectivity index (χ1n) is 5.24. The lowest BCUT2D eigenvalue weighted by molar-refractivity contribution is -0.135. The van der Waals surface area contributed by atoms with Crippen molar-refractivity contribution in [2.24, 2.45) is 7.05 Å². The predicted molar refractivity (Wildman–Crippen MR) is 66.3 cm³/mol. The fraction of sp³-hybridized carbons (Fsp3) is 0.400. The second-order valence-electron chi connectivity index (χ2n) is 4.09. The van der Waals surface area contributed by atoms with Gasteiger partial charge in [-0.15, -0.1) is 0 Å². The van der Waals surface area contributed by atoms with E-state index in [0.717, 1.165) is 0 Å². The molecular formula is C10H15N3O5S. The third-order valence-corrected chi connectivity index (χ3v) is 3.70. The maximum absolute atomic E-state index is 11.8. The third-order valence-electron chi connectivity index (χ3n) is 2.33. The van der Waals surface area contributed by atoms with Gasteiger partial charge in [-0.3, -0.25) is 9.59 Å². The molecule has 1 amide bonds. The van der Waals surface area contributed by atoms with Crippen LogP contribution in [0.1, 0.15) is 10.5 Å². The number of nitrogens with zero attached hydrogens (tertiary/aromatic N) is 2. The van der Waals surface area contributed by atoms with Crippen molar-refractivity contribution in [2.45, 2.75) is 4.90 Å². The second-order valence-corrected chi connectivity index (χ2v) is 5.86. The number of aryl methyl sites for hydroxylation is 1. The van der Waals surface area contributed by atoms with Crippen LogP contribution in [0.2, 0.25) is 0 Å². The lowest BCUT2D eigenvalue weighted by Gasteiger charge is -2.09. The van der Waals surface area contributed by atoms with Crippen molar-refractivity contribution in [3.63, 3.8) is 0 Å². The van der Waals surface area contributed by atoms with Crippen LogP contribution in [0.25, 0.3) is 0 Å². The van der Waals surface area contributed by atoms with E-state index < -0.39 is 22.5 Å². The minimum absolute atomic E-state index is 0.151. The zero-order chi connectivity index (χ0) is 14.8. The fourth-order valence-corrected chi connectivity index (χ4v) is 2.41. The van der Waals surface area contributed by atoms with Crippen LogP contribution >= 0.6 is 0 Å². The number of amides is 1. The Labute approximate surface area is 110 Å². The van der Waals surface area contributed by atoms with Crippen LogP contribution < -0.4 is 4.72 Å². The second kappa shape index (κ2) is 5.41. The Hall–Kier alpha value is -1.87. The summed E-state index contributed by atoms with van der Waals surface area (Å²) in [5.41, 5.74) is 0.195. The predicted octanol–water partition coefficient (Wildman–Crippen LogP) is -0.910. The molecule has 1 aromatic heterocycles. The average Bonchev–Trinajstić information content (AvgIpc) is 2.68. The summed E-state index contributed by atoms with van der Waals surface area (Å²) >= 11 is 0. The number of aliphatic carboxylic acids is 1. The van der Waals surface area contributed by atoms with Crippen molar-refractivity contribution < 1.29 is 23.1 Å². The first kappa shape index (κ1) is 15.2. The highest BCUT2D eigenvalue weighted by Gasteiger charge is 2.21. The van der Waals surface area contributed by atoms with E-state index in [1.54, 1.807) is 14.1 Å². The van der Waals surface area contributed by atoms with E-state index in [0.29, 0.717) is 0 Å². The number of nitrogens with one attached hydrogen (secondary N) is 1. The fourth-order valence-electron chi connectivity index (χ4n) is 1.36. The smallest absolute Gasteiger partial charge is 0.318 e. The number of hydrogen-bond donors (Lipinski definition) is 2. The van der Waals surface area contributed by atoms with Gasteiger partial charge in [0.25, 0.3) is 5.91 Å². The molecule has 0 aliphatic carbocycles. The monoisotopic (exact) mass is 289 g/mol. The number of rotatable bonds is 5. The number of carboxylic acid groups (broad SMARTS) is 1. The van der Waals surface area contributed by atoms with Gasteiger partial charge < -0.3 is 14.6 Å². The van der Waals surface area contributed by atoms with E-state index in [9.17, 15) is 18.0 Å². The summed E-state index contributed by atoms with van der Waals surface area (Å²) in [5, 5.41) is 8.45. The van der Waals surface area contributed by atoms with Crippen LogP contribution in [-0.4, -0.2) is 55.5 Å². The summed E-state index contributed by atoms with van der Waals surface area (Å²) in [4.78, 5) is 23.3. The van der Waals surface area contributed by atoms with Crippen molar-refractivity contribution in [3.8, 4) is 0 Å². The molecule has 0 atom stereocenters. The Morgan fingerprint density at radius 3 is 2.47 bits per heavy atom. The van der Waals surface area contributed by atoms with E-state index in [4.69, 9.17) is 5.11 Å². The van der Waals surface area contributed by atoms with E-state index in [-0.39, 0.29) is 16.5 Å². The van der Waals surface area contributed by atoms with E-state index >= 15 is 0 Å². The van der Waals surface area contributed by atoms with Gasteiger partial charge >= 0.3 is 5.97 Å². The van der Waals surface area contributed by atoms with Crippen LogP contribution in [-0.2, 0) is 21.9 Å². The molecule has 0 aromatic carbocycles. The number of sulfonamides is 1. The Balaban J connectivity index is 3.07. The van der Waals surface area contributed by atoms with Gasteiger partial charge in [-0.2, -0.15) is 4.72 Å². The van der Waals surface area contributed by atoms with Gasteiger partial charge in [0, 0.05) is 27.3 Å². The van der Waals surface area contributed by atoms with E-state index in [1.807, 2.05) is 4.72 Å². The van der Waals surface area contributed by atoms with Crippen molar-refractivity contribution in [2.75, 3.05) is 20.6 Å². The maximum Gasteiger partial charge on any atom is 0.318 e. The first-order valence-corrected chi connectivity index (χ1v) is 6.73. The molecule has 0 saturated heterocycles. The largest absolute Gasteiger partial charge is 0.480 e. The summed E-state index contributed by atoms with van der Waals surface area (Å²) in [7, 11) is 0.692. The Morgan fingerprint density at radius 1 is 1.42 bits per heavy atom. The minimum atomic E-state index is -3.94. The SMILES string of the molecule is CN(C)C(=O)c1cc(S(=O)(=O)NCC(=O)O)cn1C. The van der Waals surface area contributed by atoms with Gasteiger partial charge in [-0.05, 0) is 6.07 Å². The van der Waals surface area contributed by atoms with Crippen molar-refractivity contribution in [1.29, 1.82) is 0 Å². The molecule has 8 nitrogen and oxygen atoms in total. The van der Waals surface area contributed by atoms with Crippen LogP contribution in [0.15, 0.2) is 17.2 Å². The molecule has 0 bridgehead atoms. The molecule has 0 fully saturated rings. The number of carbonyl (C=O) groups is 2. The lowest BCUT2D eigenvalue weighted by atomic mass is 10.4. The summed E-state index contributed by atoms with van der Waals surface area (Å²) in [6, 6.07) is 1.20. The number of hydrogen-bond acceptors (Lipinski definition) is 4. The van der Waals surface area contributed by atoms with Crippen LogP contribution in [0.4, 0.5) is 0 Å². The lowest BCUT2D eigenvalue weighted by Crippen LogP contribution is -2.29. The number of aromatic nitrogens is 1. The summed E-state index contributed by atoms with van der Waals surface area (Å²) < 4.78 is 26.9. The topological polar surface area (TPSA) is 109 Å². The standard InChI is InChI=1S/C10H15N3O5S/c1-12(2)10(16)8-4-7(6-13(8)3)19(17,18)11-5-9(14)15/h4,6,11H,5H2,1-3H3,(H,14,15). The van der Waals surface area contributed by atoms with Crippen LogP contribution in [0, 0.1) is 0 Å². The quantitative estimate of drug-likeness (QED) is 0.729. The summed E-state index contributed by atoms with van der Waals surface area (Å²) in [6.07, 6.45) is 1.25. The Kier molecular flexibility index (Phi) is 4.32. The molecule has 1 rings (SSSR count). The molecule has 1 heterocycles. The Bertz CT molecular complexity index is 603. The molecule has 106 valence electrons. The van der Waals surface area contributed by atoms with Gasteiger partial charge in [0.1, 0.15) is 17.1 Å². The molecule has 0 unspecified atom stereocenters. The zero-order valence-electron chi connectivity index (χ0n) is 10.7. The molecule has 19 heavy (non-hydrogen) atoms. The van der Waals surface area contributed by atoms with E-state index in [1.165, 1.54) is 28.8 Å². The molecule has 0 aliphatic rings. The highest BCUT2D eigenvalue weighted by Crippen LogP contribution is 2.14. The number of carbonyl (C=O) groups excluding carboxylic acids is 1. The average molecular weight is 289 g/mol. The van der Waals surface area contributed by atoms with Gasteiger partial charge in [0.05, 0.1) is 0 Å². The van der Waals surface area contributed by atoms with Crippen molar-refractivity contribution in [1.82, 2.24) is 14.2 Å². The first-order chi connectivity index (χ1) is 8.65. The minimum Gasteiger partial charge on any atom is -0.480 e. The normalized spacial score (nSPS) is 11.3. The Morgan fingerprint density at radius 2 is 2.00 bits per heavy atom. The highest BCUT2D eigenvalue weighted by atomic mass is 32.2. The zero-order valence-corrected chi connectivity index (χ0v) is 11.6. The van der Waals surface area contributed by atoms with Crippen molar-refractivity contribution in [3.05, 3.63) is 18.0 Å². The maximum atomic E-state index is 11.8. The molecule has 1 aromatic rings. The van der Waals surface area contributed by atoms with E-state index in [2.05, 4.69) is 0 Å². The molecular weight excluding hydrogens is 274 g/mol.